The molecule has 0 aliphatic rings. The fourth-order valence-corrected chi connectivity index (χ4v) is 9.66. The van der Waals surface area contributed by atoms with Gasteiger partial charge in [0, 0.05) is 42.1 Å². The van der Waals surface area contributed by atoms with Gasteiger partial charge < -0.3 is 0 Å². The summed E-state index contributed by atoms with van der Waals surface area (Å²) < 4.78 is 5.03. The van der Waals surface area contributed by atoms with Crippen LogP contribution >= 0.6 is 11.3 Å². The lowest BCUT2D eigenvalue weighted by Crippen LogP contribution is -1.95. The number of pyridine rings is 1. The minimum Gasteiger partial charge on any atom is -0.291 e. The monoisotopic (exact) mass is 704 g/mol. The lowest BCUT2D eigenvalue weighted by molar-refractivity contribution is 1.27. The first-order chi connectivity index (χ1) is 26.8. The summed E-state index contributed by atoms with van der Waals surface area (Å²) in [4.78, 5) is 5.39. The lowest BCUT2D eigenvalue weighted by Gasteiger charge is -2.14. The molecule has 2 nitrogen and oxygen atoms in total. The number of aromatic nitrogens is 2. The molecule has 0 aliphatic carbocycles. The van der Waals surface area contributed by atoms with Crippen molar-refractivity contribution in [2.24, 2.45) is 0 Å². The zero-order valence-corrected chi connectivity index (χ0v) is 30.1. The fraction of sp³-hybridized carbons (Fsp3) is 0. The Morgan fingerprint density at radius 2 is 0.870 bits per heavy atom. The highest BCUT2D eigenvalue weighted by Gasteiger charge is 2.21. The topological polar surface area (TPSA) is 17.3 Å². The van der Waals surface area contributed by atoms with Crippen LogP contribution < -0.4 is 0 Å². The van der Waals surface area contributed by atoms with Crippen LogP contribution in [-0.2, 0) is 0 Å². The van der Waals surface area contributed by atoms with Crippen LogP contribution in [0.1, 0.15) is 0 Å². The summed E-state index contributed by atoms with van der Waals surface area (Å²) >= 11 is 1.90. The van der Waals surface area contributed by atoms with Crippen LogP contribution in [0.25, 0.3) is 103 Å². The molecule has 0 saturated heterocycles. The first kappa shape index (κ1) is 30.8. The van der Waals surface area contributed by atoms with Gasteiger partial charge in [-0.3, -0.25) is 4.40 Å². The van der Waals surface area contributed by atoms with Crippen LogP contribution in [0.4, 0.5) is 0 Å². The van der Waals surface area contributed by atoms with Gasteiger partial charge in [0.2, 0.25) is 0 Å². The second-order valence-electron chi connectivity index (χ2n) is 13.9. The molecule has 3 aromatic heterocycles. The Morgan fingerprint density at radius 3 is 1.57 bits per heavy atom. The number of hydrogen-bond acceptors (Lipinski definition) is 2. The molecule has 11 aromatic rings. The smallest absolute Gasteiger partial charge is 0.146 e. The van der Waals surface area contributed by atoms with E-state index in [0.29, 0.717) is 0 Å². The van der Waals surface area contributed by atoms with E-state index in [1.54, 1.807) is 0 Å². The third kappa shape index (κ3) is 4.83. The van der Waals surface area contributed by atoms with E-state index >= 15 is 0 Å². The van der Waals surface area contributed by atoms with Crippen LogP contribution in [0.3, 0.4) is 0 Å². The van der Waals surface area contributed by atoms with E-state index in [4.69, 9.17) is 4.98 Å². The molecule has 0 bridgehead atoms. The minimum atomic E-state index is 0.970. The van der Waals surface area contributed by atoms with Crippen molar-refractivity contribution in [1.82, 2.24) is 9.38 Å². The number of rotatable bonds is 5. The molecule has 252 valence electrons. The molecular weight excluding hydrogens is 673 g/mol. The largest absolute Gasteiger partial charge is 0.291 e. The van der Waals surface area contributed by atoms with Gasteiger partial charge >= 0.3 is 0 Å². The summed E-state index contributed by atoms with van der Waals surface area (Å²) in [5.41, 5.74) is 13.9. The van der Waals surface area contributed by atoms with Crippen molar-refractivity contribution in [2.75, 3.05) is 0 Å². The minimum absolute atomic E-state index is 0.970. The zero-order valence-electron chi connectivity index (χ0n) is 29.3. The van der Waals surface area contributed by atoms with E-state index in [-0.39, 0.29) is 0 Å². The first-order valence-corrected chi connectivity index (χ1v) is 19.2. The summed E-state index contributed by atoms with van der Waals surface area (Å²) in [6.07, 6.45) is 0. The van der Waals surface area contributed by atoms with E-state index < -0.39 is 0 Å². The first-order valence-electron chi connectivity index (χ1n) is 18.4. The predicted octanol–water partition coefficient (Wildman–Crippen LogP) is 14.3. The van der Waals surface area contributed by atoms with Crippen molar-refractivity contribution >= 4 is 58.8 Å². The van der Waals surface area contributed by atoms with E-state index in [9.17, 15) is 0 Å². The summed E-state index contributed by atoms with van der Waals surface area (Å²) in [7, 11) is 0. The molecule has 0 spiro atoms. The highest BCUT2D eigenvalue weighted by atomic mass is 32.1. The number of thiophene rings is 1. The molecule has 3 heterocycles. The van der Waals surface area contributed by atoms with Crippen molar-refractivity contribution in [3.63, 3.8) is 0 Å². The Morgan fingerprint density at radius 1 is 0.352 bits per heavy atom. The molecule has 11 rings (SSSR count). The van der Waals surface area contributed by atoms with Gasteiger partial charge in [0.05, 0.1) is 16.9 Å². The van der Waals surface area contributed by atoms with Crippen molar-refractivity contribution in [3.05, 3.63) is 194 Å². The quantitative estimate of drug-likeness (QED) is 0.163. The maximum atomic E-state index is 5.39. The standard InChI is InChI=1S/C51H32N2S/c1-4-15-33(16-5-1)39-25-13-27-42-43-28-14-26-40(50(43)54-49(39)42)38-22-12-21-36(31-38)37-29-30-46-45(32-37)41-23-10-11-24-44(41)51-52-47(34-17-6-2-7-18-34)48(53(46)51)35-19-8-3-9-20-35/h1-32H. The van der Waals surface area contributed by atoms with Gasteiger partial charge in [-0.1, -0.05) is 176 Å². The van der Waals surface area contributed by atoms with Gasteiger partial charge in [-0.2, -0.15) is 0 Å². The Hall–Kier alpha value is -6.81. The SMILES string of the molecule is c1ccc(-c2nc3c4ccccc4c4cc(-c5cccc(-c6cccc7c6sc6c(-c8ccccc8)cccc67)c5)ccc4n3c2-c2ccccc2)cc1. The fourth-order valence-electron chi connectivity index (χ4n) is 8.29. The second-order valence-corrected chi connectivity index (χ2v) is 14.9. The summed E-state index contributed by atoms with van der Waals surface area (Å²) in [6, 6.07) is 70.1. The van der Waals surface area contributed by atoms with Crippen molar-refractivity contribution < 1.29 is 0 Å². The Bertz CT molecular complexity index is 3190. The summed E-state index contributed by atoms with van der Waals surface area (Å²) in [5, 5.41) is 6.16. The van der Waals surface area contributed by atoms with E-state index in [0.717, 1.165) is 39.1 Å². The Kier molecular flexibility index (Phi) is 7.07. The second kappa shape index (κ2) is 12.4. The number of fused-ring (bicyclic) bond motifs is 9. The molecule has 54 heavy (non-hydrogen) atoms. The van der Waals surface area contributed by atoms with Gasteiger partial charge in [-0.25, -0.2) is 4.98 Å². The molecule has 3 heteroatoms. The van der Waals surface area contributed by atoms with Gasteiger partial charge in [0.25, 0.3) is 0 Å². The van der Waals surface area contributed by atoms with E-state index in [1.807, 2.05) is 11.3 Å². The van der Waals surface area contributed by atoms with Gasteiger partial charge in [0.1, 0.15) is 5.65 Å². The molecule has 0 atom stereocenters. The number of benzene rings is 8. The average Bonchev–Trinajstić information content (AvgIpc) is 3.85. The number of imidazole rings is 1. The van der Waals surface area contributed by atoms with Gasteiger partial charge in [-0.15, -0.1) is 11.3 Å². The Labute approximate surface area is 316 Å². The summed E-state index contributed by atoms with van der Waals surface area (Å²) in [5.74, 6) is 0. The van der Waals surface area contributed by atoms with E-state index in [1.165, 1.54) is 64.3 Å². The highest BCUT2D eigenvalue weighted by molar-refractivity contribution is 7.26. The van der Waals surface area contributed by atoms with Crippen molar-refractivity contribution in [3.8, 4) is 55.9 Å². The van der Waals surface area contributed by atoms with Crippen LogP contribution in [-0.4, -0.2) is 9.38 Å². The Balaban J connectivity index is 1.11. The molecule has 0 unspecified atom stereocenters. The van der Waals surface area contributed by atoms with Crippen LogP contribution in [0.15, 0.2) is 194 Å². The highest BCUT2D eigenvalue weighted by Crippen LogP contribution is 2.45. The van der Waals surface area contributed by atoms with E-state index in [2.05, 4.69) is 199 Å². The number of hydrogen-bond donors (Lipinski definition) is 0. The predicted molar refractivity (Wildman–Crippen MR) is 230 cm³/mol. The van der Waals surface area contributed by atoms with Crippen molar-refractivity contribution in [2.45, 2.75) is 0 Å². The third-order valence-corrected chi connectivity index (χ3v) is 12.1. The van der Waals surface area contributed by atoms with Crippen molar-refractivity contribution in [1.29, 1.82) is 0 Å². The molecule has 0 aliphatic heterocycles. The molecule has 0 fully saturated rings. The lowest BCUT2D eigenvalue weighted by atomic mass is 9.96. The molecule has 0 saturated carbocycles. The van der Waals surface area contributed by atoms with Gasteiger partial charge in [-0.05, 0) is 57.0 Å². The van der Waals surface area contributed by atoms with Crippen LogP contribution in [0.5, 0.6) is 0 Å². The molecule has 0 radical (unpaired) electrons. The average molecular weight is 705 g/mol. The van der Waals surface area contributed by atoms with Crippen LogP contribution in [0, 0.1) is 0 Å². The van der Waals surface area contributed by atoms with Crippen LogP contribution in [0.2, 0.25) is 0 Å². The molecule has 0 N–H and O–H groups in total. The zero-order chi connectivity index (χ0) is 35.6. The van der Waals surface area contributed by atoms with Gasteiger partial charge in [0.15, 0.2) is 0 Å². The maximum Gasteiger partial charge on any atom is 0.146 e. The maximum absolute atomic E-state index is 5.39. The molecule has 0 amide bonds. The molecule has 8 aromatic carbocycles. The molecular formula is C51H32N2S. The number of nitrogens with zero attached hydrogens (tertiary/aromatic N) is 2. The summed E-state index contributed by atoms with van der Waals surface area (Å²) in [6.45, 7) is 0. The third-order valence-electron chi connectivity index (χ3n) is 10.8. The normalized spacial score (nSPS) is 11.7.